The van der Waals surface area contributed by atoms with E-state index in [-0.39, 0.29) is 0 Å². The summed E-state index contributed by atoms with van der Waals surface area (Å²) in [4.78, 5) is 4.73. The molecule has 0 N–H and O–H groups in total. The van der Waals surface area contributed by atoms with Crippen LogP contribution < -0.4 is 9.80 Å². The van der Waals surface area contributed by atoms with Gasteiger partial charge in [-0.3, -0.25) is 0 Å². The number of rotatable bonds is 17. The van der Waals surface area contributed by atoms with Gasteiger partial charge in [0.2, 0.25) is 0 Å². The molecule has 0 aliphatic carbocycles. The van der Waals surface area contributed by atoms with Crippen LogP contribution in [0.1, 0.15) is 0 Å². The molecule has 0 aliphatic heterocycles. The molecule has 0 saturated heterocycles. The van der Waals surface area contributed by atoms with Crippen molar-refractivity contribution in [3.8, 4) is 112 Å². The van der Waals surface area contributed by atoms with Crippen molar-refractivity contribution in [3.05, 3.63) is 473 Å². The Morgan fingerprint density at radius 3 is 0.960 bits per heavy atom. The van der Waals surface area contributed by atoms with Gasteiger partial charge in [-0.1, -0.05) is 334 Å². The lowest BCUT2D eigenvalue weighted by Gasteiger charge is -2.26. The van der Waals surface area contributed by atoms with Crippen molar-refractivity contribution in [2.75, 3.05) is 9.80 Å². The van der Waals surface area contributed by atoms with Crippen LogP contribution in [0.3, 0.4) is 0 Å². The zero-order valence-electron chi connectivity index (χ0n) is 68.6. The number of anilines is 6. The van der Waals surface area contributed by atoms with Crippen LogP contribution >= 0.6 is 0 Å². The van der Waals surface area contributed by atoms with Crippen LogP contribution in [-0.2, 0) is 0 Å². The van der Waals surface area contributed by atoms with Gasteiger partial charge >= 0.3 is 0 Å². The zero-order chi connectivity index (χ0) is 83.1. The summed E-state index contributed by atoms with van der Waals surface area (Å²) in [5, 5.41) is 9.15. The van der Waals surface area contributed by atoms with Crippen molar-refractivity contribution >= 4 is 122 Å². The minimum atomic E-state index is 0.841. The normalized spacial score (nSPS) is 11.7. The van der Waals surface area contributed by atoms with Crippen molar-refractivity contribution in [3.63, 3.8) is 0 Å². The van der Waals surface area contributed by atoms with Crippen molar-refractivity contribution < 1.29 is 8.83 Å². The molecule has 0 bridgehead atoms. The van der Waals surface area contributed by atoms with Crippen molar-refractivity contribution in [1.82, 2.24) is 9.13 Å². The smallest absolute Gasteiger partial charge is 0.143 e. The van der Waals surface area contributed by atoms with E-state index in [2.05, 4.69) is 486 Å². The average molecular weight is 1610 g/mol. The Balaban J connectivity index is 0.563. The van der Waals surface area contributed by atoms with E-state index in [1.165, 1.54) is 32.9 Å². The number of benzene rings is 20. The molecule has 590 valence electrons. The van der Waals surface area contributed by atoms with Gasteiger partial charge in [0.05, 0.1) is 22.1 Å². The predicted octanol–water partition coefficient (Wildman–Crippen LogP) is 33.6. The molecule has 24 aromatic rings. The molecule has 0 aliphatic rings. The highest BCUT2D eigenvalue weighted by molar-refractivity contribution is 6.23. The summed E-state index contributed by atoms with van der Waals surface area (Å²) < 4.78 is 19.1. The Morgan fingerprint density at radius 1 is 0.159 bits per heavy atom. The van der Waals surface area contributed by atoms with E-state index in [9.17, 15) is 0 Å². The molecule has 24 rings (SSSR count). The van der Waals surface area contributed by atoms with Crippen LogP contribution in [-0.4, -0.2) is 9.13 Å². The number of furan rings is 2. The topological polar surface area (TPSA) is 42.6 Å². The molecular weight excluding hydrogens is 1530 g/mol. The third-order valence-corrected chi connectivity index (χ3v) is 25.4. The second-order valence-corrected chi connectivity index (χ2v) is 32.5. The Bertz CT molecular complexity index is 8190. The Labute approximate surface area is 729 Å². The Morgan fingerprint density at radius 2 is 0.468 bits per heavy atom. The summed E-state index contributed by atoms with van der Waals surface area (Å²) >= 11 is 0. The van der Waals surface area contributed by atoms with E-state index in [1.807, 2.05) is 6.07 Å². The molecule has 0 radical (unpaired) electrons. The van der Waals surface area contributed by atoms with Crippen LogP contribution in [0, 0.1) is 0 Å². The SMILES string of the molecule is c1ccc(-c2ccc(N(c3ccc(-c4ccc(-n5c6ccccc6c6ccccc65)cc4)cc3)c3ccc(-c4ccc(-c5ccccc5)c5oc6c(-c7cccc8c7c7ccccc7n8-c7ccc(-c8ccc(N(c9ccc(-c%10ccccc%10)cc9)c9cccc(-c%10ccc(-c%11ccccc%11)c%11oc%12ccccc%12c%10%11)c9)cc8)cc7)cccc6c45)cc3)cc2)cc1. The Hall–Kier alpha value is -16.8. The van der Waals surface area contributed by atoms with Gasteiger partial charge in [-0.2, -0.15) is 0 Å². The second-order valence-electron chi connectivity index (χ2n) is 32.5. The lowest BCUT2D eigenvalue weighted by molar-refractivity contribution is 0.670. The van der Waals surface area contributed by atoms with Crippen LogP contribution in [0.5, 0.6) is 0 Å². The number of hydrogen-bond donors (Lipinski definition) is 0. The molecule has 0 amide bonds. The quantitative estimate of drug-likeness (QED) is 0.0911. The number of para-hydroxylation sites is 5. The molecule has 6 nitrogen and oxygen atoms in total. The largest absolute Gasteiger partial charge is 0.455 e. The van der Waals surface area contributed by atoms with E-state index >= 15 is 0 Å². The molecule has 0 unspecified atom stereocenters. The number of hydrogen-bond acceptors (Lipinski definition) is 4. The number of aromatic nitrogens is 2. The molecule has 0 spiro atoms. The summed E-state index contributed by atoms with van der Waals surface area (Å²) in [6.07, 6.45) is 0. The first-order valence-electron chi connectivity index (χ1n) is 43.1. The standard InChI is InChI=1S/C120H78N4O2/c1-5-24-79(25-6-1)81-46-60-91(61-47-81)121(92-62-50-83(51-63-92)85-54-68-96(69-55-85)123-110-41-17-13-34-103(110)104-35-14-18-42-111(104)123)93-72-58-89(59-73-93)99-74-76-102(88-30-11-4-12-31-88)120-117(99)109-40-22-39-106(118(109)126-120)105-38-23-44-113-115(105)107-36-15-19-43-112(107)124(113)97-70-56-86(57-71-97)84-52-66-95(67-53-84)122(94-64-48-82(49-65-94)80-26-7-2-8-27-80)98-33-21-32-90(78-98)100-75-77-101(87-28-9-3-10-29-87)119-116(100)108-37-16-20-45-114(108)125-119/h1-78H. The third kappa shape index (κ3) is 12.6. The second kappa shape index (κ2) is 30.7. The van der Waals surface area contributed by atoms with Gasteiger partial charge in [0.1, 0.15) is 22.3 Å². The van der Waals surface area contributed by atoms with Gasteiger partial charge < -0.3 is 27.8 Å². The van der Waals surface area contributed by atoms with Crippen molar-refractivity contribution in [2.24, 2.45) is 0 Å². The maximum atomic E-state index is 7.53. The molecule has 4 heterocycles. The van der Waals surface area contributed by atoms with Crippen LogP contribution in [0.15, 0.2) is 482 Å². The van der Waals surface area contributed by atoms with E-state index in [0.717, 1.165) is 200 Å². The summed E-state index contributed by atoms with van der Waals surface area (Å²) in [5.41, 5.74) is 36.6. The average Bonchev–Trinajstić information content (AvgIpc) is 1.56. The lowest BCUT2D eigenvalue weighted by atomic mass is 9.93. The van der Waals surface area contributed by atoms with Gasteiger partial charge in [0.15, 0.2) is 0 Å². The molecule has 6 heteroatoms. The monoisotopic (exact) mass is 1610 g/mol. The highest BCUT2D eigenvalue weighted by Gasteiger charge is 2.26. The molecule has 0 fully saturated rings. The molecule has 0 atom stereocenters. The molecule has 4 aromatic heterocycles. The minimum Gasteiger partial charge on any atom is -0.455 e. The summed E-state index contributed by atoms with van der Waals surface area (Å²) in [7, 11) is 0. The first-order chi connectivity index (χ1) is 62.5. The third-order valence-electron chi connectivity index (χ3n) is 25.4. The summed E-state index contributed by atoms with van der Waals surface area (Å²) in [6, 6.07) is 171. The Kier molecular flexibility index (Phi) is 17.8. The van der Waals surface area contributed by atoms with Crippen LogP contribution in [0.4, 0.5) is 34.1 Å². The zero-order valence-corrected chi connectivity index (χ0v) is 68.6. The molecule has 0 saturated carbocycles. The first kappa shape index (κ1) is 73.1. The predicted molar refractivity (Wildman–Crippen MR) is 528 cm³/mol. The van der Waals surface area contributed by atoms with Gasteiger partial charge in [0.25, 0.3) is 0 Å². The molecule has 126 heavy (non-hydrogen) atoms. The van der Waals surface area contributed by atoms with E-state index in [0.29, 0.717) is 0 Å². The molecular formula is C120H78N4O2. The highest BCUT2D eigenvalue weighted by Crippen LogP contribution is 2.50. The van der Waals surface area contributed by atoms with Gasteiger partial charge in [-0.25, -0.2) is 0 Å². The van der Waals surface area contributed by atoms with Crippen LogP contribution in [0.2, 0.25) is 0 Å². The summed E-state index contributed by atoms with van der Waals surface area (Å²) in [5.74, 6) is 0. The van der Waals surface area contributed by atoms with Crippen LogP contribution in [0.25, 0.3) is 199 Å². The van der Waals surface area contributed by atoms with Crippen molar-refractivity contribution in [2.45, 2.75) is 0 Å². The maximum absolute atomic E-state index is 7.53. The van der Waals surface area contributed by atoms with E-state index < -0.39 is 0 Å². The fourth-order valence-electron chi connectivity index (χ4n) is 19.4. The van der Waals surface area contributed by atoms with Gasteiger partial charge in [-0.05, 0) is 223 Å². The highest BCUT2D eigenvalue weighted by atomic mass is 16.3. The lowest BCUT2D eigenvalue weighted by Crippen LogP contribution is -2.10. The van der Waals surface area contributed by atoms with Gasteiger partial charge in [0, 0.05) is 105 Å². The number of nitrogens with zero attached hydrogens (tertiary/aromatic N) is 4. The fourth-order valence-corrected chi connectivity index (χ4v) is 19.4. The van der Waals surface area contributed by atoms with E-state index in [4.69, 9.17) is 8.83 Å². The van der Waals surface area contributed by atoms with E-state index in [1.54, 1.807) is 0 Å². The first-order valence-corrected chi connectivity index (χ1v) is 43.1. The van der Waals surface area contributed by atoms with Gasteiger partial charge in [-0.15, -0.1) is 0 Å². The maximum Gasteiger partial charge on any atom is 0.143 e. The molecule has 20 aromatic carbocycles. The minimum absolute atomic E-state index is 0.841. The number of fused-ring (bicyclic) bond motifs is 12. The fraction of sp³-hybridized carbons (Fsp3) is 0. The van der Waals surface area contributed by atoms with Crippen molar-refractivity contribution in [1.29, 1.82) is 0 Å². The summed E-state index contributed by atoms with van der Waals surface area (Å²) in [6.45, 7) is 0.